The number of rotatable bonds is 6. The number of aromatic nitrogens is 2. The zero-order chi connectivity index (χ0) is 13.7. The van der Waals surface area contributed by atoms with Gasteiger partial charge in [-0.2, -0.15) is 4.98 Å². The minimum atomic E-state index is 0.488. The van der Waals surface area contributed by atoms with Crippen molar-refractivity contribution in [2.75, 3.05) is 17.7 Å². The molecule has 2 aromatic rings. The van der Waals surface area contributed by atoms with Crippen molar-refractivity contribution in [1.29, 1.82) is 0 Å². The third-order valence-corrected chi connectivity index (χ3v) is 3.39. The van der Waals surface area contributed by atoms with Gasteiger partial charge in [-0.25, -0.2) is 4.98 Å². The summed E-state index contributed by atoms with van der Waals surface area (Å²) in [5.41, 5.74) is 7.42. The Labute approximate surface area is 116 Å². The molecule has 6 heteroatoms. The SMILES string of the molecule is CCCOc1nc(NCc2nc(C)cs2)ccc1N. The number of pyridine rings is 1. The maximum absolute atomic E-state index is 5.82. The Kier molecular flexibility index (Phi) is 4.57. The normalized spacial score (nSPS) is 10.4. The quantitative estimate of drug-likeness (QED) is 0.850. The van der Waals surface area contributed by atoms with E-state index in [1.54, 1.807) is 17.4 Å². The summed E-state index contributed by atoms with van der Waals surface area (Å²) in [5, 5.41) is 6.28. The minimum Gasteiger partial charge on any atom is -0.476 e. The molecule has 0 amide bonds. The minimum absolute atomic E-state index is 0.488. The van der Waals surface area contributed by atoms with E-state index in [9.17, 15) is 0 Å². The molecule has 0 spiro atoms. The molecule has 2 rings (SSSR count). The fourth-order valence-electron chi connectivity index (χ4n) is 1.51. The Hall–Kier alpha value is -1.82. The first-order valence-corrected chi connectivity index (χ1v) is 7.11. The summed E-state index contributed by atoms with van der Waals surface area (Å²) in [6.45, 7) is 5.30. The second kappa shape index (κ2) is 6.38. The van der Waals surface area contributed by atoms with Crippen LogP contribution in [0.3, 0.4) is 0 Å². The smallest absolute Gasteiger partial charge is 0.239 e. The number of ether oxygens (including phenoxy) is 1. The van der Waals surface area contributed by atoms with E-state index in [1.165, 1.54) is 0 Å². The lowest BCUT2D eigenvalue weighted by Gasteiger charge is -2.09. The third kappa shape index (κ3) is 3.82. The van der Waals surface area contributed by atoms with Gasteiger partial charge in [0.15, 0.2) is 0 Å². The van der Waals surface area contributed by atoms with Crippen molar-refractivity contribution in [3.05, 3.63) is 28.2 Å². The van der Waals surface area contributed by atoms with E-state index in [0.29, 0.717) is 24.7 Å². The number of nitrogens with one attached hydrogen (secondary N) is 1. The Morgan fingerprint density at radius 3 is 2.89 bits per heavy atom. The number of thiazole rings is 1. The van der Waals surface area contributed by atoms with E-state index in [0.717, 1.165) is 22.9 Å². The molecule has 0 radical (unpaired) electrons. The lowest BCUT2D eigenvalue weighted by molar-refractivity contribution is 0.307. The van der Waals surface area contributed by atoms with Gasteiger partial charge in [0, 0.05) is 11.1 Å². The van der Waals surface area contributed by atoms with E-state index >= 15 is 0 Å². The molecule has 0 saturated carbocycles. The van der Waals surface area contributed by atoms with Crippen LogP contribution in [-0.4, -0.2) is 16.6 Å². The van der Waals surface area contributed by atoms with Gasteiger partial charge >= 0.3 is 0 Å². The molecule has 5 nitrogen and oxygen atoms in total. The van der Waals surface area contributed by atoms with Crippen LogP contribution in [-0.2, 0) is 6.54 Å². The number of hydrogen-bond acceptors (Lipinski definition) is 6. The summed E-state index contributed by atoms with van der Waals surface area (Å²) in [6.07, 6.45) is 0.928. The van der Waals surface area contributed by atoms with Crippen LogP contribution >= 0.6 is 11.3 Å². The van der Waals surface area contributed by atoms with E-state index in [2.05, 4.69) is 15.3 Å². The van der Waals surface area contributed by atoms with Gasteiger partial charge in [0.05, 0.1) is 18.8 Å². The summed E-state index contributed by atoms with van der Waals surface area (Å²) < 4.78 is 5.49. The van der Waals surface area contributed by atoms with Gasteiger partial charge in [0.2, 0.25) is 5.88 Å². The average Bonchev–Trinajstić information content (AvgIpc) is 2.82. The second-order valence-corrected chi connectivity index (χ2v) is 5.12. The lowest BCUT2D eigenvalue weighted by Crippen LogP contribution is -2.05. The molecule has 0 aliphatic heterocycles. The molecule has 0 aliphatic carbocycles. The van der Waals surface area contributed by atoms with Crippen LogP contribution in [0.25, 0.3) is 0 Å². The van der Waals surface area contributed by atoms with Crippen LogP contribution < -0.4 is 15.8 Å². The summed E-state index contributed by atoms with van der Waals surface area (Å²) in [4.78, 5) is 8.74. The van der Waals surface area contributed by atoms with Crippen molar-refractivity contribution in [2.24, 2.45) is 0 Å². The molecular formula is C13H18N4OS. The molecule has 19 heavy (non-hydrogen) atoms. The maximum Gasteiger partial charge on any atom is 0.239 e. The first-order valence-electron chi connectivity index (χ1n) is 6.23. The van der Waals surface area contributed by atoms with Crippen LogP contribution in [0, 0.1) is 6.92 Å². The molecule has 0 aliphatic rings. The van der Waals surface area contributed by atoms with Crippen molar-refractivity contribution < 1.29 is 4.74 Å². The first-order chi connectivity index (χ1) is 9.19. The number of anilines is 2. The van der Waals surface area contributed by atoms with E-state index in [4.69, 9.17) is 10.5 Å². The molecule has 102 valence electrons. The Morgan fingerprint density at radius 2 is 2.21 bits per heavy atom. The summed E-state index contributed by atoms with van der Waals surface area (Å²) in [7, 11) is 0. The molecule has 0 atom stereocenters. The van der Waals surface area contributed by atoms with E-state index in [1.807, 2.05) is 25.3 Å². The van der Waals surface area contributed by atoms with Crippen molar-refractivity contribution in [2.45, 2.75) is 26.8 Å². The summed E-state index contributed by atoms with van der Waals surface area (Å²) in [6, 6.07) is 3.64. The van der Waals surface area contributed by atoms with Crippen LogP contribution in [0.15, 0.2) is 17.5 Å². The molecule has 0 fully saturated rings. The highest BCUT2D eigenvalue weighted by atomic mass is 32.1. The number of nitrogen functional groups attached to an aromatic ring is 1. The van der Waals surface area contributed by atoms with E-state index in [-0.39, 0.29) is 0 Å². The van der Waals surface area contributed by atoms with Crippen molar-refractivity contribution in [1.82, 2.24) is 9.97 Å². The number of nitrogens with two attached hydrogens (primary N) is 1. The van der Waals surface area contributed by atoms with Gasteiger partial charge < -0.3 is 15.8 Å². The maximum atomic E-state index is 5.82. The summed E-state index contributed by atoms with van der Waals surface area (Å²) in [5.74, 6) is 1.23. The standard InChI is InChI=1S/C13H18N4OS/c1-3-6-18-13-10(14)4-5-11(17-13)15-7-12-16-9(2)8-19-12/h4-5,8H,3,6-7,14H2,1-2H3,(H,15,17). The van der Waals surface area contributed by atoms with Crippen molar-refractivity contribution in [3.63, 3.8) is 0 Å². The number of hydrogen-bond donors (Lipinski definition) is 2. The average molecular weight is 278 g/mol. The molecule has 0 unspecified atom stereocenters. The predicted molar refractivity (Wildman–Crippen MR) is 78.6 cm³/mol. The van der Waals surface area contributed by atoms with E-state index < -0.39 is 0 Å². The van der Waals surface area contributed by atoms with Gasteiger partial charge in [-0.15, -0.1) is 11.3 Å². The van der Waals surface area contributed by atoms with Crippen LogP contribution in [0.2, 0.25) is 0 Å². The fraction of sp³-hybridized carbons (Fsp3) is 0.385. The van der Waals surface area contributed by atoms with Gasteiger partial charge in [-0.3, -0.25) is 0 Å². The highest BCUT2D eigenvalue weighted by molar-refractivity contribution is 7.09. The van der Waals surface area contributed by atoms with Gasteiger partial charge in [0.25, 0.3) is 0 Å². The zero-order valence-electron chi connectivity index (χ0n) is 11.1. The van der Waals surface area contributed by atoms with Gasteiger partial charge in [0.1, 0.15) is 10.8 Å². The van der Waals surface area contributed by atoms with Crippen molar-refractivity contribution in [3.8, 4) is 5.88 Å². The van der Waals surface area contributed by atoms with Crippen LogP contribution in [0.5, 0.6) is 5.88 Å². The Morgan fingerprint density at radius 1 is 1.37 bits per heavy atom. The molecular weight excluding hydrogens is 260 g/mol. The third-order valence-electron chi connectivity index (χ3n) is 2.42. The second-order valence-electron chi connectivity index (χ2n) is 4.18. The molecule has 0 aromatic carbocycles. The zero-order valence-corrected chi connectivity index (χ0v) is 12.0. The highest BCUT2D eigenvalue weighted by Gasteiger charge is 2.05. The van der Waals surface area contributed by atoms with Gasteiger partial charge in [-0.05, 0) is 25.5 Å². The van der Waals surface area contributed by atoms with Crippen LogP contribution in [0.1, 0.15) is 24.0 Å². The Bertz CT molecular complexity index is 541. The lowest BCUT2D eigenvalue weighted by atomic mass is 10.4. The number of nitrogens with zero attached hydrogens (tertiary/aromatic N) is 2. The molecule has 2 aromatic heterocycles. The summed E-state index contributed by atoms with van der Waals surface area (Å²) >= 11 is 1.63. The Balaban J connectivity index is 2.00. The predicted octanol–water partition coefficient (Wildman–Crippen LogP) is 2.83. The van der Waals surface area contributed by atoms with Crippen LogP contribution in [0.4, 0.5) is 11.5 Å². The molecule has 0 saturated heterocycles. The fourth-order valence-corrected chi connectivity index (χ4v) is 2.23. The van der Waals surface area contributed by atoms with Gasteiger partial charge in [-0.1, -0.05) is 6.92 Å². The highest BCUT2D eigenvalue weighted by Crippen LogP contribution is 2.21. The monoisotopic (exact) mass is 278 g/mol. The largest absolute Gasteiger partial charge is 0.476 e. The molecule has 2 heterocycles. The molecule has 0 bridgehead atoms. The van der Waals surface area contributed by atoms with Crippen molar-refractivity contribution >= 4 is 22.8 Å². The molecule has 3 N–H and O–H groups in total. The number of aryl methyl sites for hydroxylation is 1. The topological polar surface area (TPSA) is 73.1 Å². The first kappa shape index (κ1) is 13.6.